The molecule has 0 unspecified atom stereocenters. The summed E-state index contributed by atoms with van der Waals surface area (Å²) in [7, 11) is 0. The quantitative estimate of drug-likeness (QED) is 0.504. The van der Waals surface area contributed by atoms with Crippen molar-refractivity contribution in [1.29, 1.82) is 0 Å². The van der Waals surface area contributed by atoms with Crippen LogP contribution in [-0.2, 0) is 0 Å². The predicted octanol–water partition coefficient (Wildman–Crippen LogP) is 3.36. The van der Waals surface area contributed by atoms with Crippen molar-refractivity contribution in [3.63, 3.8) is 0 Å². The number of rotatable bonds is 4. The number of nitrogens with zero attached hydrogens (tertiary/aromatic N) is 4. The fraction of sp³-hybridized carbons (Fsp3) is 0. The van der Waals surface area contributed by atoms with E-state index >= 15 is 0 Å². The SMILES string of the molecule is C=C1c2cc([N+](=O)[O-])cc([N+](=O)[O-])c2-c2c1cc([N+](=O)[O-])cc2[N+](=O)[O-]. The van der Waals surface area contributed by atoms with Gasteiger partial charge in [0.2, 0.25) is 0 Å². The highest BCUT2D eigenvalue weighted by atomic mass is 16.6. The molecule has 0 heterocycles. The lowest BCUT2D eigenvalue weighted by Gasteiger charge is -2.04. The number of nitro benzene ring substituents is 4. The van der Waals surface area contributed by atoms with Gasteiger partial charge in [0.05, 0.1) is 43.0 Å². The van der Waals surface area contributed by atoms with Gasteiger partial charge in [-0.25, -0.2) is 0 Å². The van der Waals surface area contributed by atoms with Gasteiger partial charge in [-0.3, -0.25) is 40.5 Å². The Morgan fingerprint density at radius 2 is 0.962 bits per heavy atom. The van der Waals surface area contributed by atoms with Crippen LogP contribution in [0.25, 0.3) is 16.7 Å². The molecule has 12 heteroatoms. The van der Waals surface area contributed by atoms with Gasteiger partial charge in [0.15, 0.2) is 0 Å². The summed E-state index contributed by atoms with van der Waals surface area (Å²) in [6, 6.07) is 3.37. The molecule has 0 spiro atoms. The normalized spacial score (nSPS) is 11.6. The van der Waals surface area contributed by atoms with Crippen LogP contribution in [0.2, 0.25) is 0 Å². The smallest absolute Gasteiger partial charge is 0.258 e. The molecule has 2 aromatic carbocycles. The molecule has 0 amide bonds. The van der Waals surface area contributed by atoms with Crippen LogP contribution >= 0.6 is 0 Å². The predicted molar refractivity (Wildman–Crippen MR) is 86.6 cm³/mol. The van der Waals surface area contributed by atoms with Crippen LogP contribution in [0.1, 0.15) is 11.1 Å². The highest BCUT2D eigenvalue weighted by molar-refractivity contribution is 6.07. The first-order valence-corrected chi connectivity index (χ1v) is 6.77. The van der Waals surface area contributed by atoms with E-state index in [9.17, 15) is 40.5 Å². The van der Waals surface area contributed by atoms with Crippen LogP contribution in [0.4, 0.5) is 22.7 Å². The Morgan fingerprint density at radius 3 is 1.23 bits per heavy atom. The van der Waals surface area contributed by atoms with Gasteiger partial charge < -0.3 is 0 Å². The van der Waals surface area contributed by atoms with Crippen molar-refractivity contribution < 1.29 is 19.7 Å². The number of benzene rings is 2. The van der Waals surface area contributed by atoms with Gasteiger partial charge in [-0.05, 0) is 5.57 Å². The van der Waals surface area contributed by atoms with Gasteiger partial charge in [-0.2, -0.15) is 0 Å². The average Bonchev–Trinajstić information content (AvgIpc) is 2.85. The summed E-state index contributed by atoms with van der Waals surface area (Å²) in [5, 5.41) is 44.8. The molecule has 0 aliphatic heterocycles. The van der Waals surface area contributed by atoms with Crippen molar-refractivity contribution >= 4 is 28.3 Å². The van der Waals surface area contributed by atoms with Crippen LogP contribution in [0.5, 0.6) is 0 Å². The van der Waals surface area contributed by atoms with Gasteiger partial charge in [-0.15, -0.1) is 0 Å². The minimum Gasteiger partial charge on any atom is -0.258 e. The van der Waals surface area contributed by atoms with Crippen LogP contribution in [-0.4, -0.2) is 19.7 Å². The summed E-state index contributed by atoms with van der Waals surface area (Å²) in [4.78, 5) is 41.3. The van der Waals surface area contributed by atoms with Gasteiger partial charge in [0.25, 0.3) is 22.7 Å². The summed E-state index contributed by atoms with van der Waals surface area (Å²) in [5.41, 5.74) is -3.17. The van der Waals surface area contributed by atoms with Crippen molar-refractivity contribution in [1.82, 2.24) is 0 Å². The van der Waals surface area contributed by atoms with Gasteiger partial charge in [-0.1, -0.05) is 6.58 Å². The molecule has 0 saturated heterocycles. The standard InChI is InChI=1S/C14H6N4O8/c1-6-9-2-7(15(19)20)4-11(17(23)24)13(9)14-10(6)3-8(16(21)22)5-12(14)18(25)26/h2-5H,1H2. The molecular formula is C14H6N4O8. The lowest BCUT2D eigenvalue weighted by molar-refractivity contribution is -0.395. The highest BCUT2D eigenvalue weighted by Crippen LogP contribution is 2.53. The van der Waals surface area contributed by atoms with Crippen LogP contribution in [0, 0.1) is 40.5 Å². The minimum atomic E-state index is -0.903. The molecule has 3 rings (SSSR count). The summed E-state index contributed by atoms with van der Waals surface area (Å²) >= 11 is 0. The van der Waals surface area contributed by atoms with Crippen molar-refractivity contribution in [2.45, 2.75) is 0 Å². The third-order valence-electron chi connectivity index (χ3n) is 3.92. The van der Waals surface area contributed by atoms with Crippen molar-refractivity contribution in [2.75, 3.05) is 0 Å². The summed E-state index contributed by atoms with van der Waals surface area (Å²) in [5.74, 6) is 0. The Hall–Kier alpha value is -4.22. The first kappa shape index (κ1) is 16.6. The Morgan fingerprint density at radius 1 is 0.615 bits per heavy atom. The lowest BCUT2D eigenvalue weighted by Crippen LogP contribution is -1.99. The molecule has 0 bridgehead atoms. The fourth-order valence-corrected chi connectivity index (χ4v) is 2.87. The van der Waals surface area contributed by atoms with E-state index in [-0.39, 0.29) is 27.8 Å². The maximum atomic E-state index is 11.4. The third kappa shape index (κ3) is 2.24. The van der Waals surface area contributed by atoms with Gasteiger partial charge >= 0.3 is 0 Å². The first-order chi connectivity index (χ1) is 12.1. The molecule has 26 heavy (non-hydrogen) atoms. The lowest BCUT2D eigenvalue weighted by atomic mass is 10.0. The number of nitro groups is 4. The van der Waals surface area contributed by atoms with Crippen molar-refractivity contribution in [3.05, 3.63) is 82.4 Å². The maximum absolute atomic E-state index is 11.4. The van der Waals surface area contributed by atoms with E-state index < -0.39 is 42.4 Å². The number of non-ortho nitro benzene ring substituents is 2. The highest BCUT2D eigenvalue weighted by Gasteiger charge is 2.39. The number of hydrogen-bond donors (Lipinski definition) is 0. The summed E-state index contributed by atoms with van der Waals surface area (Å²) in [6.07, 6.45) is 0. The molecule has 0 saturated carbocycles. The van der Waals surface area contributed by atoms with E-state index in [0.717, 1.165) is 12.1 Å². The van der Waals surface area contributed by atoms with E-state index in [2.05, 4.69) is 6.58 Å². The zero-order chi connectivity index (χ0) is 19.3. The molecule has 0 N–H and O–H groups in total. The van der Waals surface area contributed by atoms with E-state index in [0.29, 0.717) is 12.1 Å². The Labute approximate surface area is 142 Å². The third-order valence-corrected chi connectivity index (χ3v) is 3.92. The maximum Gasteiger partial charge on any atom is 0.284 e. The van der Waals surface area contributed by atoms with Crippen molar-refractivity contribution in [2.24, 2.45) is 0 Å². The minimum absolute atomic E-state index is 0.00593. The van der Waals surface area contributed by atoms with Gasteiger partial charge in [0.1, 0.15) is 0 Å². The molecule has 0 aromatic heterocycles. The molecule has 1 aliphatic rings. The first-order valence-electron chi connectivity index (χ1n) is 6.77. The Kier molecular flexibility index (Phi) is 3.46. The molecular weight excluding hydrogens is 352 g/mol. The van der Waals surface area contributed by atoms with Crippen molar-refractivity contribution in [3.8, 4) is 11.1 Å². The second kappa shape index (κ2) is 5.41. The van der Waals surface area contributed by atoms with Crippen LogP contribution in [0.15, 0.2) is 30.8 Å². The molecule has 2 aromatic rings. The second-order valence-corrected chi connectivity index (χ2v) is 5.28. The topological polar surface area (TPSA) is 173 Å². The molecule has 0 fully saturated rings. The summed E-state index contributed by atoms with van der Waals surface area (Å²) in [6.45, 7) is 3.65. The fourth-order valence-electron chi connectivity index (χ4n) is 2.87. The molecule has 1 aliphatic carbocycles. The summed E-state index contributed by atoms with van der Waals surface area (Å²) < 4.78 is 0. The molecule has 0 atom stereocenters. The van der Waals surface area contributed by atoms with E-state index in [1.807, 2.05) is 0 Å². The second-order valence-electron chi connectivity index (χ2n) is 5.28. The number of hydrogen-bond acceptors (Lipinski definition) is 8. The van der Waals surface area contributed by atoms with E-state index in [1.165, 1.54) is 0 Å². The van der Waals surface area contributed by atoms with E-state index in [1.54, 1.807) is 0 Å². The van der Waals surface area contributed by atoms with Crippen LogP contribution < -0.4 is 0 Å². The zero-order valence-corrected chi connectivity index (χ0v) is 12.6. The van der Waals surface area contributed by atoms with Crippen LogP contribution in [0.3, 0.4) is 0 Å². The zero-order valence-electron chi connectivity index (χ0n) is 12.6. The molecule has 130 valence electrons. The monoisotopic (exact) mass is 358 g/mol. The average molecular weight is 358 g/mol. The van der Waals surface area contributed by atoms with Gasteiger partial charge in [0, 0.05) is 23.3 Å². The Bertz CT molecular complexity index is 992. The van der Waals surface area contributed by atoms with E-state index in [4.69, 9.17) is 0 Å². The number of fused-ring (bicyclic) bond motifs is 3. The molecule has 0 radical (unpaired) electrons. The Balaban J connectivity index is 2.48. The largest absolute Gasteiger partial charge is 0.284 e. The molecule has 12 nitrogen and oxygen atoms in total.